The number of carbonyl (C=O) groups excluding carboxylic acids is 1. The Balaban J connectivity index is 1.64. The van der Waals surface area contributed by atoms with Gasteiger partial charge in [0.05, 0.1) is 6.04 Å². The number of hydrogen-bond acceptors (Lipinski definition) is 4. The number of nitrogens with one attached hydrogen (secondary N) is 1. The standard InChI is InChI=1S/C21H17F2N3O2/c1-14(26-19(27)10-9-15-5-3-8-18(22)20(15)23)16-6-2-7-17(13-16)28-21-24-11-4-12-25-21/h2-14H,1H3,(H,26,27). The van der Waals surface area contributed by atoms with E-state index in [9.17, 15) is 13.6 Å². The molecule has 0 aliphatic carbocycles. The largest absolute Gasteiger partial charge is 0.424 e. The minimum Gasteiger partial charge on any atom is -0.424 e. The van der Waals surface area contributed by atoms with Crippen molar-refractivity contribution in [2.75, 3.05) is 0 Å². The Morgan fingerprint density at radius 2 is 1.86 bits per heavy atom. The highest BCUT2D eigenvalue weighted by atomic mass is 19.2. The Morgan fingerprint density at radius 1 is 1.11 bits per heavy atom. The molecular weight excluding hydrogens is 364 g/mol. The molecule has 0 aliphatic rings. The van der Waals surface area contributed by atoms with Crippen LogP contribution in [-0.2, 0) is 4.79 Å². The zero-order valence-electron chi connectivity index (χ0n) is 15.0. The van der Waals surface area contributed by atoms with Crippen LogP contribution in [0.25, 0.3) is 6.08 Å². The third kappa shape index (κ3) is 4.97. The van der Waals surface area contributed by atoms with Gasteiger partial charge >= 0.3 is 6.01 Å². The van der Waals surface area contributed by atoms with Gasteiger partial charge in [0.2, 0.25) is 5.91 Å². The molecule has 7 heteroatoms. The molecular formula is C21H17F2N3O2. The number of ether oxygens (including phenoxy) is 1. The number of benzene rings is 2. The normalized spacial score (nSPS) is 12.0. The lowest BCUT2D eigenvalue weighted by atomic mass is 10.1. The number of amides is 1. The number of rotatable bonds is 6. The van der Waals surface area contributed by atoms with Crippen molar-refractivity contribution in [1.82, 2.24) is 15.3 Å². The van der Waals surface area contributed by atoms with Crippen molar-refractivity contribution in [3.8, 4) is 11.8 Å². The second-order valence-electron chi connectivity index (χ2n) is 5.91. The van der Waals surface area contributed by atoms with Crippen LogP contribution in [0.2, 0.25) is 0 Å². The number of carbonyl (C=O) groups is 1. The van der Waals surface area contributed by atoms with Crippen molar-refractivity contribution in [3.05, 3.63) is 89.8 Å². The van der Waals surface area contributed by atoms with Gasteiger partial charge < -0.3 is 10.1 Å². The molecule has 0 aliphatic heterocycles. The zero-order valence-corrected chi connectivity index (χ0v) is 15.0. The van der Waals surface area contributed by atoms with Gasteiger partial charge in [-0.25, -0.2) is 18.7 Å². The lowest BCUT2D eigenvalue weighted by Crippen LogP contribution is -2.24. The molecule has 1 unspecified atom stereocenters. The first kappa shape index (κ1) is 19.2. The van der Waals surface area contributed by atoms with E-state index in [0.29, 0.717) is 5.75 Å². The summed E-state index contributed by atoms with van der Waals surface area (Å²) in [6, 6.07) is 12.5. The predicted octanol–water partition coefficient (Wildman–Crippen LogP) is 4.44. The van der Waals surface area contributed by atoms with Crippen LogP contribution >= 0.6 is 0 Å². The van der Waals surface area contributed by atoms with Crippen LogP contribution in [0.5, 0.6) is 11.8 Å². The minimum atomic E-state index is -0.993. The first-order valence-corrected chi connectivity index (χ1v) is 8.50. The monoisotopic (exact) mass is 381 g/mol. The fourth-order valence-corrected chi connectivity index (χ4v) is 2.45. The number of hydrogen-bond donors (Lipinski definition) is 1. The van der Waals surface area contributed by atoms with Crippen molar-refractivity contribution in [2.24, 2.45) is 0 Å². The quantitative estimate of drug-likeness (QED) is 0.641. The van der Waals surface area contributed by atoms with E-state index in [4.69, 9.17) is 4.74 Å². The van der Waals surface area contributed by atoms with Gasteiger partial charge in [-0.15, -0.1) is 0 Å². The fraction of sp³-hybridized carbons (Fsp3) is 0.0952. The first-order chi connectivity index (χ1) is 13.5. The van der Waals surface area contributed by atoms with Gasteiger partial charge in [0.15, 0.2) is 11.6 Å². The van der Waals surface area contributed by atoms with Crippen LogP contribution in [0.1, 0.15) is 24.1 Å². The lowest BCUT2D eigenvalue weighted by molar-refractivity contribution is -0.117. The maximum Gasteiger partial charge on any atom is 0.321 e. The van der Waals surface area contributed by atoms with Gasteiger partial charge in [-0.2, -0.15) is 0 Å². The summed E-state index contributed by atoms with van der Waals surface area (Å²) in [6.07, 6.45) is 5.53. The summed E-state index contributed by atoms with van der Waals surface area (Å²) >= 11 is 0. The Kier molecular flexibility index (Phi) is 6.06. The highest BCUT2D eigenvalue weighted by molar-refractivity contribution is 5.92. The van der Waals surface area contributed by atoms with Crippen molar-refractivity contribution in [1.29, 1.82) is 0 Å². The summed E-state index contributed by atoms with van der Waals surface area (Å²) in [5, 5.41) is 2.76. The molecule has 0 radical (unpaired) electrons. The van der Waals surface area contributed by atoms with Crippen molar-refractivity contribution < 1.29 is 18.3 Å². The SMILES string of the molecule is CC(NC(=O)C=Cc1cccc(F)c1F)c1cccc(Oc2ncccn2)c1. The van der Waals surface area contributed by atoms with Gasteiger partial charge in [0.25, 0.3) is 0 Å². The van der Waals surface area contributed by atoms with Crippen LogP contribution in [0.15, 0.2) is 67.0 Å². The highest BCUT2D eigenvalue weighted by Gasteiger charge is 2.10. The molecule has 3 rings (SSSR count). The molecule has 5 nitrogen and oxygen atoms in total. The van der Waals surface area contributed by atoms with Gasteiger partial charge in [-0.3, -0.25) is 4.79 Å². The topological polar surface area (TPSA) is 64.1 Å². The van der Waals surface area contributed by atoms with Crippen molar-refractivity contribution >= 4 is 12.0 Å². The van der Waals surface area contributed by atoms with E-state index in [-0.39, 0.29) is 17.6 Å². The minimum absolute atomic E-state index is 0.000983. The Bertz CT molecular complexity index is 994. The molecule has 1 N–H and O–H groups in total. The molecule has 0 spiro atoms. The molecule has 3 aromatic rings. The van der Waals surface area contributed by atoms with E-state index in [1.165, 1.54) is 18.2 Å². The van der Waals surface area contributed by atoms with Gasteiger partial charge in [-0.1, -0.05) is 24.3 Å². The van der Waals surface area contributed by atoms with Gasteiger partial charge in [0.1, 0.15) is 5.75 Å². The Hall–Kier alpha value is -3.61. The van der Waals surface area contributed by atoms with Crippen LogP contribution in [-0.4, -0.2) is 15.9 Å². The molecule has 142 valence electrons. The summed E-state index contributed by atoms with van der Waals surface area (Å²) in [4.78, 5) is 20.1. The average molecular weight is 381 g/mol. The fourth-order valence-electron chi connectivity index (χ4n) is 2.45. The van der Waals surface area contributed by atoms with E-state index >= 15 is 0 Å². The number of nitrogens with zero attached hydrogens (tertiary/aromatic N) is 2. The van der Waals surface area contributed by atoms with Crippen LogP contribution in [0, 0.1) is 11.6 Å². The third-order valence-corrected chi connectivity index (χ3v) is 3.86. The summed E-state index contributed by atoms with van der Waals surface area (Å²) in [5.74, 6) is -1.86. The van der Waals surface area contributed by atoms with E-state index in [0.717, 1.165) is 17.7 Å². The first-order valence-electron chi connectivity index (χ1n) is 8.50. The summed E-state index contributed by atoms with van der Waals surface area (Å²) in [5.41, 5.74) is 0.799. The van der Waals surface area contributed by atoms with Crippen LogP contribution in [0.3, 0.4) is 0 Å². The molecule has 2 aromatic carbocycles. The van der Waals surface area contributed by atoms with E-state index in [1.54, 1.807) is 43.6 Å². The molecule has 1 atom stereocenters. The van der Waals surface area contributed by atoms with E-state index in [2.05, 4.69) is 15.3 Å². The molecule has 1 heterocycles. The number of aromatic nitrogens is 2. The third-order valence-electron chi connectivity index (χ3n) is 3.86. The maximum atomic E-state index is 13.6. The molecule has 0 fully saturated rings. The van der Waals surface area contributed by atoms with E-state index < -0.39 is 17.5 Å². The van der Waals surface area contributed by atoms with Crippen LogP contribution < -0.4 is 10.1 Å². The zero-order chi connectivity index (χ0) is 19.9. The highest BCUT2D eigenvalue weighted by Crippen LogP contribution is 2.22. The maximum absolute atomic E-state index is 13.6. The van der Waals surface area contributed by atoms with Crippen molar-refractivity contribution in [2.45, 2.75) is 13.0 Å². The molecule has 0 saturated heterocycles. The molecule has 1 amide bonds. The second kappa shape index (κ2) is 8.85. The molecule has 28 heavy (non-hydrogen) atoms. The smallest absolute Gasteiger partial charge is 0.321 e. The predicted molar refractivity (Wildman–Crippen MR) is 100 cm³/mol. The number of halogens is 2. The summed E-state index contributed by atoms with van der Waals surface area (Å²) < 4.78 is 32.4. The Labute approximate surface area is 160 Å². The van der Waals surface area contributed by atoms with E-state index in [1.807, 2.05) is 6.07 Å². The Morgan fingerprint density at radius 3 is 2.64 bits per heavy atom. The van der Waals surface area contributed by atoms with Crippen LogP contribution in [0.4, 0.5) is 8.78 Å². The second-order valence-corrected chi connectivity index (χ2v) is 5.91. The van der Waals surface area contributed by atoms with Gasteiger partial charge in [0, 0.05) is 24.0 Å². The summed E-state index contributed by atoms with van der Waals surface area (Å²) in [6.45, 7) is 1.80. The molecule has 0 bridgehead atoms. The summed E-state index contributed by atoms with van der Waals surface area (Å²) in [7, 11) is 0. The van der Waals surface area contributed by atoms with Gasteiger partial charge in [-0.05, 0) is 42.8 Å². The lowest BCUT2D eigenvalue weighted by Gasteiger charge is -2.14. The molecule has 1 aromatic heterocycles. The van der Waals surface area contributed by atoms with Crippen molar-refractivity contribution in [3.63, 3.8) is 0 Å². The average Bonchev–Trinajstić information content (AvgIpc) is 2.70. The molecule has 0 saturated carbocycles.